The first-order valence-corrected chi connectivity index (χ1v) is 24.1. The molecule has 0 aliphatic heterocycles. The number of esters is 3. The predicted octanol–water partition coefficient (Wildman–Crippen LogP) is 15.5. The van der Waals surface area contributed by atoms with Crippen LogP contribution in [0.5, 0.6) is 0 Å². The largest absolute Gasteiger partial charge is 0.462 e. The first-order valence-electron chi connectivity index (χ1n) is 24.1. The van der Waals surface area contributed by atoms with E-state index in [2.05, 4.69) is 63.3 Å². The molecule has 0 aromatic heterocycles. The Hall–Kier alpha value is -2.63. The van der Waals surface area contributed by atoms with Gasteiger partial charge in [0.05, 0.1) is 0 Å². The average Bonchev–Trinajstić information content (AvgIpc) is 3.21. The molecule has 0 heterocycles. The minimum atomic E-state index is -0.795. The lowest BCUT2D eigenvalue weighted by Crippen LogP contribution is -2.30. The zero-order chi connectivity index (χ0) is 41.5. The van der Waals surface area contributed by atoms with Gasteiger partial charge in [-0.25, -0.2) is 0 Å². The number of hydrogen-bond donors (Lipinski definition) is 0. The smallest absolute Gasteiger partial charge is 0.306 e. The monoisotopic (exact) mass is 799 g/mol. The highest BCUT2D eigenvalue weighted by molar-refractivity contribution is 5.71. The van der Waals surface area contributed by atoms with Crippen LogP contribution in [0, 0.1) is 0 Å². The molecule has 0 N–H and O–H groups in total. The second-order valence-corrected chi connectivity index (χ2v) is 16.0. The quantitative estimate of drug-likeness (QED) is 0.0265. The molecule has 0 amide bonds. The maximum atomic E-state index is 12.7. The van der Waals surface area contributed by atoms with E-state index in [-0.39, 0.29) is 37.5 Å². The normalized spacial score (nSPS) is 12.4. The van der Waals surface area contributed by atoms with Crippen molar-refractivity contribution in [3.05, 3.63) is 48.6 Å². The highest BCUT2D eigenvalue weighted by Crippen LogP contribution is 2.15. The van der Waals surface area contributed by atoms with Gasteiger partial charge in [-0.1, -0.05) is 223 Å². The number of unbranched alkanes of at least 4 members (excludes halogenated alkanes) is 24. The summed E-state index contributed by atoms with van der Waals surface area (Å²) in [4.78, 5) is 37.8. The van der Waals surface area contributed by atoms with Gasteiger partial charge < -0.3 is 14.2 Å². The summed E-state index contributed by atoms with van der Waals surface area (Å²) < 4.78 is 16.7. The summed E-state index contributed by atoms with van der Waals surface area (Å²) in [6.45, 7) is 6.46. The van der Waals surface area contributed by atoms with Crippen LogP contribution in [0.15, 0.2) is 48.6 Å². The summed E-state index contributed by atoms with van der Waals surface area (Å²) in [5, 5.41) is 0. The van der Waals surface area contributed by atoms with Crippen LogP contribution in [0.3, 0.4) is 0 Å². The van der Waals surface area contributed by atoms with Crippen LogP contribution in [-0.2, 0) is 28.6 Å². The first kappa shape index (κ1) is 54.4. The van der Waals surface area contributed by atoms with Gasteiger partial charge in [0.25, 0.3) is 0 Å². The van der Waals surface area contributed by atoms with E-state index in [1.165, 1.54) is 128 Å². The lowest BCUT2D eigenvalue weighted by Gasteiger charge is -2.18. The second kappa shape index (κ2) is 46.1. The van der Waals surface area contributed by atoms with E-state index >= 15 is 0 Å². The lowest BCUT2D eigenvalue weighted by atomic mass is 10.0. The molecule has 330 valence electrons. The fraction of sp³-hybridized carbons (Fsp3) is 0.784. The summed E-state index contributed by atoms with van der Waals surface area (Å²) in [6, 6.07) is 0. The molecule has 0 saturated heterocycles. The van der Waals surface area contributed by atoms with E-state index in [1.807, 2.05) is 6.08 Å². The average molecular weight is 799 g/mol. The molecule has 57 heavy (non-hydrogen) atoms. The Morgan fingerprint density at radius 1 is 0.368 bits per heavy atom. The fourth-order valence-electron chi connectivity index (χ4n) is 6.75. The van der Waals surface area contributed by atoms with Crippen molar-refractivity contribution in [3.8, 4) is 0 Å². The zero-order valence-electron chi connectivity index (χ0n) is 37.6. The number of carbonyl (C=O) groups is 3. The Morgan fingerprint density at radius 2 is 0.684 bits per heavy atom. The summed E-state index contributed by atoms with van der Waals surface area (Å²) >= 11 is 0. The minimum Gasteiger partial charge on any atom is -0.462 e. The molecule has 0 spiro atoms. The van der Waals surface area contributed by atoms with Crippen molar-refractivity contribution in [2.24, 2.45) is 0 Å². The molecule has 0 radical (unpaired) electrons. The van der Waals surface area contributed by atoms with Gasteiger partial charge in [-0.2, -0.15) is 0 Å². The van der Waals surface area contributed by atoms with Gasteiger partial charge in [-0.05, 0) is 44.9 Å². The number of carbonyl (C=O) groups excluding carboxylic acids is 3. The molecule has 0 aliphatic rings. The van der Waals surface area contributed by atoms with Crippen molar-refractivity contribution >= 4 is 17.9 Å². The number of allylic oxidation sites excluding steroid dienone is 8. The van der Waals surface area contributed by atoms with E-state index in [9.17, 15) is 14.4 Å². The van der Waals surface area contributed by atoms with Gasteiger partial charge in [0.1, 0.15) is 13.2 Å². The number of hydrogen-bond acceptors (Lipinski definition) is 6. The Bertz CT molecular complexity index is 1010. The Kier molecular flexibility index (Phi) is 43.9. The summed E-state index contributed by atoms with van der Waals surface area (Å²) in [5.41, 5.74) is 0. The molecular formula is C51H90O6. The second-order valence-electron chi connectivity index (χ2n) is 16.0. The van der Waals surface area contributed by atoms with Crippen molar-refractivity contribution in [1.82, 2.24) is 0 Å². The predicted molar refractivity (Wildman–Crippen MR) is 242 cm³/mol. The summed E-state index contributed by atoms with van der Waals surface area (Å²) in [5.74, 6) is -0.971. The SMILES string of the molecule is CC/C=C\C/C=C\C/C=C\C/C=C\CCC(=O)OCC(COC(=O)CCCCCCCCCCCCCCC)OC(=O)CCCCCCCCCCCCCCC. The molecule has 0 saturated carbocycles. The molecule has 0 aromatic rings. The van der Waals surface area contributed by atoms with E-state index in [1.54, 1.807) is 0 Å². The van der Waals surface area contributed by atoms with Crippen LogP contribution >= 0.6 is 0 Å². The summed E-state index contributed by atoms with van der Waals surface area (Å²) in [7, 11) is 0. The first-order chi connectivity index (χ1) is 28.0. The Balaban J connectivity index is 4.44. The maximum Gasteiger partial charge on any atom is 0.306 e. The highest BCUT2D eigenvalue weighted by Gasteiger charge is 2.19. The van der Waals surface area contributed by atoms with Crippen molar-refractivity contribution in [1.29, 1.82) is 0 Å². The standard InChI is InChI=1S/C51H90O6/c1-4-7-10-13-16-19-22-25-28-31-34-37-40-43-49(52)55-46-48(57-51(54)45-42-39-36-33-30-27-24-21-18-15-12-9-6-3)47-56-50(53)44-41-38-35-32-29-26-23-20-17-14-11-8-5-2/h7,10,16,19,25,28,34,37,48H,4-6,8-9,11-15,17-18,20-24,26-27,29-33,35-36,38-47H2,1-3H3/b10-7-,19-16-,28-25-,37-34-. The Morgan fingerprint density at radius 3 is 1.07 bits per heavy atom. The van der Waals surface area contributed by atoms with Crippen LogP contribution in [0.4, 0.5) is 0 Å². The highest BCUT2D eigenvalue weighted by atomic mass is 16.6. The van der Waals surface area contributed by atoms with Gasteiger partial charge in [0.2, 0.25) is 0 Å². The third-order valence-corrected chi connectivity index (χ3v) is 10.4. The molecule has 0 aromatic carbocycles. The molecule has 0 fully saturated rings. The topological polar surface area (TPSA) is 78.9 Å². The van der Waals surface area contributed by atoms with Crippen LogP contribution in [-0.4, -0.2) is 37.2 Å². The van der Waals surface area contributed by atoms with Crippen LogP contribution < -0.4 is 0 Å². The van der Waals surface area contributed by atoms with Crippen LogP contribution in [0.2, 0.25) is 0 Å². The zero-order valence-corrected chi connectivity index (χ0v) is 37.6. The molecule has 6 heteroatoms. The molecule has 0 bridgehead atoms. The number of rotatable bonds is 43. The number of ether oxygens (including phenoxy) is 3. The van der Waals surface area contributed by atoms with Gasteiger partial charge in [0, 0.05) is 19.3 Å². The van der Waals surface area contributed by atoms with Crippen molar-refractivity contribution < 1.29 is 28.6 Å². The molecule has 1 atom stereocenters. The third kappa shape index (κ3) is 44.3. The summed E-state index contributed by atoms with van der Waals surface area (Å²) in [6.07, 6.45) is 53.9. The molecule has 0 aliphatic carbocycles. The minimum absolute atomic E-state index is 0.0915. The third-order valence-electron chi connectivity index (χ3n) is 10.4. The van der Waals surface area contributed by atoms with E-state index in [0.29, 0.717) is 19.3 Å². The molecule has 6 nitrogen and oxygen atoms in total. The van der Waals surface area contributed by atoms with Gasteiger partial charge in [-0.3, -0.25) is 14.4 Å². The van der Waals surface area contributed by atoms with E-state index in [0.717, 1.165) is 64.2 Å². The molecule has 0 rings (SSSR count). The van der Waals surface area contributed by atoms with E-state index < -0.39 is 6.10 Å². The van der Waals surface area contributed by atoms with Gasteiger partial charge >= 0.3 is 17.9 Å². The van der Waals surface area contributed by atoms with Gasteiger partial charge in [0.15, 0.2) is 6.10 Å². The molecular weight excluding hydrogens is 709 g/mol. The van der Waals surface area contributed by atoms with Crippen LogP contribution in [0.25, 0.3) is 0 Å². The van der Waals surface area contributed by atoms with Crippen LogP contribution in [0.1, 0.15) is 239 Å². The van der Waals surface area contributed by atoms with Crippen molar-refractivity contribution in [2.75, 3.05) is 13.2 Å². The lowest BCUT2D eigenvalue weighted by molar-refractivity contribution is -0.166. The van der Waals surface area contributed by atoms with Gasteiger partial charge in [-0.15, -0.1) is 0 Å². The van der Waals surface area contributed by atoms with Crippen molar-refractivity contribution in [3.63, 3.8) is 0 Å². The fourth-order valence-corrected chi connectivity index (χ4v) is 6.75. The molecule has 1 unspecified atom stereocenters. The maximum absolute atomic E-state index is 12.7. The van der Waals surface area contributed by atoms with Crippen molar-refractivity contribution in [2.45, 2.75) is 245 Å². The Labute approximate surface area is 352 Å². The van der Waals surface area contributed by atoms with E-state index in [4.69, 9.17) is 14.2 Å².